The molecule has 29 heavy (non-hydrogen) atoms. The van der Waals surface area contributed by atoms with Gasteiger partial charge in [-0.05, 0) is 62.6 Å². The fourth-order valence-corrected chi connectivity index (χ4v) is 3.80. The number of pyridine rings is 1. The van der Waals surface area contributed by atoms with Gasteiger partial charge in [0, 0.05) is 18.8 Å². The van der Waals surface area contributed by atoms with E-state index in [1.165, 1.54) is 24.3 Å². The number of rotatable bonds is 4. The standard InChI is InChI=1S/C22H24FN3O3/c1-14(21(27)24-17-6-4-16(23)5-7-17)18-8-9-20-19(25-18)3-2-11-26(20)22(28)15-10-12-29-13-15/h4-9,14-15H,2-3,10-13H2,1H3,(H,24,27)/t14?,15-/m0/s1. The Kier molecular flexibility index (Phi) is 5.58. The Morgan fingerprint density at radius 1 is 1.24 bits per heavy atom. The molecular formula is C22H24FN3O3. The van der Waals surface area contributed by atoms with Crippen LogP contribution in [0.2, 0.25) is 0 Å². The molecule has 0 spiro atoms. The lowest BCUT2D eigenvalue weighted by molar-refractivity contribution is -0.122. The summed E-state index contributed by atoms with van der Waals surface area (Å²) in [4.78, 5) is 32.0. The molecule has 0 aliphatic carbocycles. The van der Waals surface area contributed by atoms with Gasteiger partial charge in [0.05, 0.1) is 35.5 Å². The van der Waals surface area contributed by atoms with Crippen LogP contribution in [0.5, 0.6) is 0 Å². The van der Waals surface area contributed by atoms with E-state index in [1.807, 2.05) is 17.0 Å². The Labute approximate surface area is 169 Å². The normalized spacial score (nSPS) is 19.5. The quantitative estimate of drug-likeness (QED) is 0.860. The molecule has 2 aliphatic heterocycles. The first-order valence-electron chi connectivity index (χ1n) is 9.98. The van der Waals surface area contributed by atoms with Gasteiger partial charge in [-0.3, -0.25) is 14.6 Å². The van der Waals surface area contributed by atoms with Crippen LogP contribution in [-0.2, 0) is 20.7 Å². The number of anilines is 2. The van der Waals surface area contributed by atoms with Crippen LogP contribution in [0.4, 0.5) is 15.8 Å². The molecule has 3 heterocycles. The Bertz CT molecular complexity index is 910. The highest BCUT2D eigenvalue weighted by Gasteiger charge is 2.32. The first kappa shape index (κ1) is 19.5. The van der Waals surface area contributed by atoms with E-state index in [-0.39, 0.29) is 23.5 Å². The topological polar surface area (TPSA) is 71.5 Å². The van der Waals surface area contributed by atoms with Crippen LogP contribution in [0.25, 0.3) is 0 Å². The lowest BCUT2D eigenvalue weighted by atomic mass is 10.00. The van der Waals surface area contributed by atoms with Gasteiger partial charge >= 0.3 is 0 Å². The summed E-state index contributed by atoms with van der Waals surface area (Å²) in [6.45, 7) is 3.59. The highest BCUT2D eigenvalue weighted by atomic mass is 19.1. The molecule has 2 aliphatic rings. The molecule has 152 valence electrons. The van der Waals surface area contributed by atoms with E-state index in [9.17, 15) is 14.0 Å². The van der Waals surface area contributed by atoms with Crippen LogP contribution in [-0.4, -0.2) is 36.6 Å². The number of aromatic nitrogens is 1. The summed E-state index contributed by atoms with van der Waals surface area (Å²) >= 11 is 0. The third-order valence-corrected chi connectivity index (χ3v) is 5.55. The number of carbonyl (C=O) groups is 2. The lowest BCUT2D eigenvalue weighted by Crippen LogP contribution is -2.40. The molecule has 1 N–H and O–H groups in total. The van der Waals surface area contributed by atoms with Gasteiger partial charge in [-0.1, -0.05) is 0 Å². The summed E-state index contributed by atoms with van der Waals surface area (Å²) in [7, 11) is 0. The smallest absolute Gasteiger partial charge is 0.233 e. The van der Waals surface area contributed by atoms with Crippen LogP contribution in [0.1, 0.15) is 37.1 Å². The van der Waals surface area contributed by atoms with Crippen molar-refractivity contribution in [3.05, 3.63) is 53.6 Å². The maximum absolute atomic E-state index is 13.0. The SMILES string of the molecule is CC(C(=O)Nc1ccc(F)cc1)c1ccc2c(n1)CCCN2C(=O)[C@H]1CCOC1. The zero-order chi connectivity index (χ0) is 20.4. The molecule has 1 aromatic heterocycles. The zero-order valence-electron chi connectivity index (χ0n) is 16.4. The Hall–Kier alpha value is -2.80. The number of carbonyl (C=O) groups excluding carboxylic acids is 2. The average Bonchev–Trinajstić information content (AvgIpc) is 3.28. The summed E-state index contributed by atoms with van der Waals surface area (Å²) in [5, 5.41) is 2.79. The van der Waals surface area contributed by atoms with E-state index in [2.05, 4.69) is 5.32 Å². The number of hydrogen-bond acceptors (Lipinski definition) is 4. The fourth-order valence-electron chi connectivity index (χ4n) is 3.80. The molecule has 2 amide bonds. The molecule has 1 unspecified atom stereocenters. The molecular weight excluding hydrogens is 373 g/mol. The number of fused-ring (bicyclic) bond motifs is 1. The molecule has 2 atom stereocenters. The molecule has 0 saturated carbocycles. The number of halogens is 1. The van der Waals surface area contributed by atoms with E-state index < -0.39 is 5.92 Å². The molecule has 0 bridgehead atoms. The second-order valence-corrected chi connectivity index (χ2v) is 7.57. The average molecular weight is 397 g/mol. The van der Waals surface area contributed by atoms with Crippen LogP contribution in [0.3, 0.4) is 0 Å². The first-order chi connectivity index (χ1) is 14.0. The van der Waals surface area contributed by atoms with Crippen LogP contribution >= 0.6 is 0 Å². The summed E-state index contributed by atoms with van der Waals surface area (Å²) in [5.41, 5.74) is 2.88. The van der Waals surface area contributed by atoms with Crippen LogP contribution in [0.15, 0.2) is 36.4 Å². The number of aryl methyl sites for hydroxylation is 1. The largest absolute Gasteiger partial charge is 0.381 e. The second-order valence-electron chi connectivity index (χ2n) is 7.57. The molecule has 7 heteroatoms. The highest BCUT2D eigenvalue weighted by molar-refractivity contribution is 5.97. The van der Waals surface area contributed by atoms with Gasteiger partial charge in [-0.15, -0.1) is 0 Å². The third kappa shape index (κ3) is 4.15. The first-order valence-corrected chi connectivity index (χ1v) is 9.98. The van der Waals surface area contributed by atoms with E-state index in [0.717, 1.165) is 30.6 Å². The predicted octanol–water partition coefficient (Wildman–Crippen LogP) is 3.28. The lowest BCUT2D eigenvalue weighted by Gasteiger charge is -2.31. The predicted molar refractivity (Wildman–Crippen MR) is 107 cm³/mol. The van der Waals surface area contributed by atoms with E-state index in [1.54, 1.807) is 6.92 Å². The van der Waals surface area contributed by atoms with Gasteiger partial charge in [-0.25, -0.2) is 4.39 Å². The summed E-state index contributed by atoms with van der Waals surface area (Å²) in [5.74, 6) is -1.02. The summed E-state index contributed by atoms with van der Waals surface area (Å²) < 4.78 is 18.4. The van der Waals surface area contributed by atoms with Gasteiger partial charge in [0.15, 0.2) is 0 Å². The van der Waals surface area contributed by atoms with E-state index in [4.69, 9.17) is 9.72 Å². The minimum Gasteiger partial charge on any atom is -0.381 e. The molecule has 1 aromatic carbocycles. The van der Waals surface area contributed by atoms with Gasteiger partial charge in [0.25, 0.3) is 0 Å². The van der Waals surface area contributed by atoms with Crippen molar-refractivity contribution >= 4 is 23.2 Å². The highest BCUT2D eigenvalue weighted by Crippen LogP contribution is 2.30. The zero-order valence-corrected chi connectivity index (χ0v) is 16.4. The summed E-state index contributed by atoms with van der Waals surface area (Å²) in [6.07, 6.45) is 2.39. The van der Waals surface area contributed by atoms with Gasteiger partial charge in [0.2, 0.25) is 11.8 Å². The second kappa shape index (κ2) is 8.29. The van der Waals surface area contributed by atoms with Crippen molar-refractivity contribution in [2.75, 3.05) is 30.0 Å². The van der Waals surface area contributed by atoms with Crippen LogP contribution < -0.4 is 10.2 Å². The third-order valence-electron chi connectivity index (χ3n) is 5.55. The maximum Gasteiger partial charge on any atom is 0.233 e. The van der Waals surface area contributed by atoms with Crippen molar-refractivity contribution in [2.45, 2.75) is 32.1 Å². The Morgan fingerprint density at radius 3 is 2.76 bits per heavy atom. The van der Waals surface area contributed by atoms with E-state index >= 15 is 0 Å². The summed E-state index contributed by atoms with van der Waals surface area (Å²) in [6, 6.07) is 9.36. The van der Waals surface area contributed by atoms with Gasteiger partial charge in [-0.2, -0.15) is 0 Å². The van der Waals surface area contributed by atoms with Crippen LogP contribution in [0, 0.1) is 11.7 Å². The Balaban J connectivity index is 1.50. The Morgan fingerprint density at radius 2 is 2.03 bits per heavy atom. The minimum absolute atomic E-state index is 0.0824. The minimum atomic E-state index is -0.473. The van der Waals surface area contributed by atoms with Crippen molar-refractivity contribution in [1.29, 1.82) is 0 Å². The number of benzene rings is 1. The number of nitrogens with zero attached hydrogens (tertiary/aromatic N) is 2. The molecule has 6 nitrogen and oxygen atoms in total. The fraction of sp³-hybridized carbons (Fsp3) is 0.409. The molecule has 1 saturated heterocycles. The van der Waals surface area contributed by atoms with Gasteiger partial charge < -0.3 is 15.0 Å². The molecule has 1 fully saturated rings. The molecule has 2 aromatic rings. The number of nitrogens with one attached hydrogen (secondary N) is 1. The molecule has 4 rings (SSSR count). The maximum atomic E-state index is 13.0. The van der Waals surface area contributed by atoms with Crippen molar-refractivity contribution < 1.29 is 18.7 Å². The van der Waals surface area contributed by atoms with Gasteiger partial charge in [0.1, 0.15) is 5.82 Å². The van der Waals surface area contributed by atoms with Crippen molar-refractivity contribution in [2.24, 2.45) is 5.92 Å². The number of hydrogen-bond donors (Lipinski definition) is 1. The molecule has 0 radical (unpaired) electrons. The van der Waals surface area contributed by atoms with Crippen molar-refractivity contribution in [3.8, 4) is 0 Å². The monoisotopic (exact) mass is 397 g/mol. The van der Waals surface area contributed by atoms with Crippen molar-refractivity contribution in [1.82, 2.24) is 4.98 Å². The van der Waals surface area contributed by atoms with E-state index in [0.29, 0.717) is 31.1 Å². The number of amides is 2. The van der Waals surface area contributed by atoms with Crippen molar-refractivity contribution in [3.63, 3.8) is 0 Å². The number of ether oxygens (including phenoxy) is 1.